The fourth-order valence-electron chi connectivity index (χ4n) is 2.58. The number of carbonyl (C=O) groups excluding carboxylic acids is 1. The largest absolute Gasteiger partial charge is 0.324 e. The van der Waals surface area contributed by atoms with Crippen molar-refractivity contribution >= 4 is 23.4 Å². The average Bonchev–Trinajstić information content (AvgIpc) is 2.55. The van der Waals surface area contributed by atoms with Crippen molar-refractivity contribution in [1.82, 2.24) is 14.5 Å². The van der Waals surface area contributed by atoms with Crippen LogP contribution < -0.4 is 10.9 Å². The molecule has 1 N–H and O–H groups in total. The molecule has 0 aliphatic carbocycles. The van der Waals surface area contributed by atoms with Crippen LogP contribution in [-0.4, -0.2) is 26.2 Å². The Morgan fingerprint density at radius 2 is 2.16 bits per heavy atom. The van der Waals surface area contributed by atoms with Gasteiger partial charge in [-0.15, -0.1) is 0 Å². The molecule has 7 heteroatoms. The third-order valence-corrected chi connectivity index (χ3v) is 5.36. The summed E-state index contributed by atoms with van der Waals surface area (Å²) in [6.45, 7) is 8.37. The first kappa shape index (κ1) is 17.7. The first-order chi connectivity index (χ1) is 11.8. The Hall–Kier alpha value is -2.15. The van der Waals surface area contributed by atoms with Gasteiger partial charge in [-0.2, -0.15) is 0 Å². The van der Waals surface area contributed by atoms with Crippen LogP contribution >= 0.6 is 11.8 Å². The van der Waals surface area contributed by atoms with E-state index >= 15 is 0 Å². The minimum absolute atomic E-state index is 0.0963. The maximum absolute atomic E-state index is 12.6. The Morgan fingerprint density at radius 3 is 2.84 bits per heavy atom. The van der Waals surface area contributed by atoms with Crippen molar-refractivity contribution in [2.75, 3.05) is 11.1 Å². The van der Waals surface area contributed by atoms with Gasteiger partial charge in [0.05, 0.1) is 23.5 Å². The summed E-state index contributed by atoms with van der Waals surface area (Å²) in [6, 6.07) is 3.43. The monoisotopic (exact) mass is 358 g/mol. The second kappa shape index (κ2) is 6.63. The molecule has 132 valence electrons. The number of rotatable bonds is 2. The van der Waals surface area contributed by atoms with Gasteiger partial charge in [-0.3, -0.25) is 19.1 Å². The molecule has 2 aromatic rings. The number of amides is 1. The second-order valence-electron chi connectivity index (χ2n) is 7.31. The number of nitrogens with one attached hydrogen (secondary N) is 1. The molecular weight excluding hydrogens is 336 g/mol. The number of anilines is 1. The zero-order chi connectivity index (χ0) is 18.2. The topological polar surface area (TPSA) is 76.9 Å². The Balaban J connectivity index is 1.81. The van der Waals surface area contributed by atoms with Crippen molar-refractivity contribution in [2.24, 2.45) is 5.92 Å². The Bertz CT molecular complexity index is 870. The first-order valence-corrected chi connectivity index (χ1v) is 9.21. The third-order valence-electron chi connectivity index (χ3n) is 4.23. The smallest absolute Gasteiger partial charge is 0.254 e. The van der Waals surface area contributed by atoms with Crippen molar-refractivity contribution in [2.45, 2.75) is 44.8 Å². The van der Waals surface area contributed by atoms with Crippen LogP contribution in [0.25, 0.3) is 0 Å². The van der Waals surface area contributed by atoms with Gasteiger partial charge in [-0.1, -0.05) is 32.5 Å². The number of aryl methyl sites for hydroxylation is 1. The minimum atomic E-state index is -0.280. The fourth-order valence-corrected chi connectivity index (χ4v) is 3.67. The number of pyridine rings is 1. The summed E-state index contributed by atoms with van der Waals surface area (Å²) in [5.74, 6) is 0.226. The average molecular weight is 358 g/mol. The third kappa shape index (κ3) is 3.76. The fraction of sp³-hybridized carbons (Fsp3) is 0.444. The van der Waals surface area contributed by atoms with Crippen molar-refractivity contribution in [3.8, 4) is 0 Å². The number of carbonyl (C=O) groups is 1. The first-order valence-electron chi connectivity index (χ1n) is 8.22. The van der Waals surface area contributed by atoms with E-state index in [4.69, 9.17) is 0 Å². The van der Waals surface area contributed by atoms with Gasteiger partial charge in [-0.05, 0) is 18.6 Å². The molecule has 1 aliphatic heterocycles. The van der Waals surface area contributed by atoms with E-state index in [-0.39, 0.29) is 22.8 Å². The van der Waals surface area contributed by atoms with Gasteiger partial charge in [0, 0.05) is 30.0 Å². The maximum Gasteiger partial charge on any atom is 0.254 e. The summed E-state index contributed by atoms with van der Waals surface area (Å²) >= 11 is 1.46. The zero-order valence-electron chi connectivity index (χ0n) is 14.9. The molecule has 1 atom stereocenters. The summed E-state index contributed by atoms with van der Waals surface area (Å²) < 4.78 is 1.60. The predicted octanol–water partition coefficient (Wildman–Crippen LogP) is 2.60. The quantitative estimate of drug-likeness (QED) is 0.835. The molecule has 6 nitrogen and oxygen atoms in total. The molecule has 1 aliphatic rings. The van der Waals surface area contributed by atoms with Crippen molar-refractivity contribution in [3.63, 3.8) is 0 Å². The van der Waals surface area contributed by atoms with Crippen LogP contribution in [0.15, 0.2) is 34.5 Å². The van der Waals surface area contributed by atoms with Gasteiger partial charge in [0.2, 0.25) is 5.91 Å². The van der Waals surface area contributed by atoms with Crippen molar-refractivity contribution in [1.29, 1.82) is 0 Å². The number of hydrogen-bond acceptors (Lipinski definition) is 5. The van der Waals surface area contributed by atoms with Crippen LogP contribution in [0.2, 0.25) is 0 Å². The number of aromatic nitrogens is 3. The van der Waals surface area contributed by atoms with Gasteiger partial charge in [-0.25, -0.2) is 4.98 Å². The van der Waals surface area contributed by atoms with Crippen LogP contribution in [0.1, 0.15) is 32.0 Å². The maximum atomic E-state index is 12.6. The van der Waals surface area contributed by atoms with E-state index in [0.717, 1.165) is 11.3 Å². The van der Waals surface area contributed by atoms with E-state index in [1.165, 1.54) is 11.8 Å². The van der Waals surface area contributed by atoms with Crippen LogP contribution in [-0.2, 0) is 16.8 Å². The standard InChI is InChI=1S/C18H22N4O2S/c1-11-5-6-19-8-13(11)20-16(24)12-9-22-15(23)7-14(18(2,3)4)21-17(22)25-10-12/h5-8,12H,9-10H2,1-4H3,(H,20,24). The van der Waals surface area contributed by atoms with E-state index in [1.54, 1.807) is 23.0 Å². The van der Waals surface area contributed by atoms with Crippen LogP contribution in [0, 0.1) is 12.8 Å². The predicted molar refractivity (Wildman–Crippen MR) is 99.0 cm³/mol. The highest BCUT2D eigenvalue weighted by Crippen LogP contribution is 2.28. The van der Waals surface area contributed by atoms with Gasteiger partial charge in [0.25, 0.3) is 5.56 Å². The number of fused-ring (bicyclic) bond motifs is 1. The highest BCUT2D eigenvalue weighted by Gasteiger charge is 2.28. The Kier molecular flexibility index (Phi) is 4.69. The molecule has 0 fully saturated rings. The van der Waals surface area contributed by atoms with Gasteiger partial charge in [0.15, 0.2) is 5.16 Å². The Morgan fingerprint density at radius 1 is 1.40 bits per heavy atom. The van der Waals surface area contributed by atoms with E-state index in [0.29, 0.717) is 23.1 Å². The molecule has 3 rings (SSSR count). The summed E-state index contributed by atoms with van der Waals surface area (Å²) in [4.78, 5) is 33.7. The zero-order valence-corrected chi connectivity index (χ0v) is 15.7. The van der Waals surface area contributed by atoms with Crippen molar-refractivity contribution in [3.05, 3.63) is 46.1 Å². The lowest BCUT2D eigenvalue weighted by molar-refractivity contribution is -0.119. The summed E-state index contributed by atoms with van der Waals surface area (Å²) in [6.07, 6.45) is 3.33. The molecular formula is C18H22N4O2S. The van der Waals surface area contributed by atoms with Gasteiger partial charge in [0.1, 0.15) is 0 Å². The highest BCUT2D eigenvalue weighted by atomic mass is 32.2. The van der Waals surface area contributed by atoms with E-state index < -0.39 is 0 Å². The molecule has 2 aromatic heterocycles. The molecule has 1 amide bonds. The van der Waals surface area contributed by atoms with Gasteiger partial charge < -0.3 is 5.32 Å². The van der Waals surface area contributed by atoms with Crippen molar-refractivity contribution < 1.29 is 4.79 Å². The summed E-state index contributed by atoms with van der Waals surface area (Å²) in [7, 11) is 0. The molecule has 25 heavy (non-hydrogen) atoms. The molecule has 0 radical (unpaired) electrons. The number of nitrogens with zero attached hydrogens (tertiary/aromatic N) is 3. The molecule has 0 spiro atoms. The van der Waals surface area contributed by atoms with Crippen LogP contribution in [0.3, 0.4) is 0 Å². The van der Waals surface area contributed by atoms with Gasteiger partial charge >= 0.3 is 0 Å². The summed E-state index contributed by atoms with van der Waals surface area (Å²) in [5, 5.41) is 3.61. The van der Waals surface area contributed by atoms with Crippen LogP contribution in [0.5, 0.6) is 0 Å². The SMILES string of the molecule is Cc1ccncc1NC(=O)C1CSc2nc(C(C)(C)C)cc(=O)n2C1. The summed E-state index contributed by atoms with van der Waals surface area (Å²) in [5.41, 5.74) is 2.17. The lowest BCUT2D eigenvalue weighted by atomic mass is 9.92. The molecule has 3 heterocycles. The van der Waals surface area contributed by atoms with E-state index in [9.17, 15) is 9.59 Å². The normalized spacial score (nSPS) is 17.0. The number of thioether (sulfide) groups is 1. The van der Waals surface area contributed by atoms with E-state index in [1.807, 2.05) is 33.8 Å². The second-order valence-corrected chi connectivity index (χ2v) is 8.30. The molecule has 1 unspecified atom stereocenters. The van der Waals surface area contributed by atoms with Crippen LogP contribution in [0.4, 0.5) is 5.69 Å². The lowest BCUT2D eigenvalue weighted by Gasteiger charge is -2.26. The van der Waals surface area contributed by atoms with E-state index in [2.05, 4.69) is 15.3 Å². The molecule has 0 saturated heterocycles. The molecule has 0 aromatic carbocycles. The number of hydrogen-bond donors (Lipinski definition) is 1. The molecule has 0 bridgehead atoms. The lowest BCUT2D eigenvalue weighted by Crippen LogP contribution is -2.37. The minimum Gasteiger partial charge on any atom is -0.324 e. The Labute approximate surface area is 151 Å². The molecule has 0 saturated carbocycles. The highest BCUT2D eigenvalue weighted by molar-refractivity contribution is 7.99.